The molecule has 0 aliphatic carbocycles. The molecule has 0 saturated heterocycles. The number of rotatable bonds is 7. The number of aromatic amines is 1. The number of carbonyl (C=O) groups is 2. The SMILES string of the molecule is COC(=O)c1cccc(-c2c(COC(C)=O)[nH]c(=O)c(Br)c2OCc2ccc(F)cc2F)c1. The summed E-state index contributed by atoms with van der Waals surface area (Å²) in [6, 6.07) is 9.32. The molecule has 3 rings (SSSR count). The molecule has 33 heavy (non-hydrogen) atoms. The molecule has 0 radical (unpaired) electrons. The summed E-state index contributed by atoms with van der Waals surface area (Å²) < 4.78 is 43.0. The van der Waals surface area contributed by atoms with E-state index in [0.717, 1.165) is 12.1 Å². The van der Waals surface area contributed by atoms with Crippen molar-refractivity contribution >= 4 is 27.9 Å². The van der Waals surface area contributed by atoms with Crippen LogP contribution >= 0.6 is 15.9 Å². The van der Waals surface area contributed by atoms with Crippen molar-refractivity contribution in [3.63, 3.8) is 0 Å². The minimum Gasteiger partial charge on any atom is -0.487 e. The summed E-state index contributed by atoms with van der Waals surface area (Å²) in [7, 11) is 1.24. The second kappa shape index (κ2) is 10.4. The summed E-state index contributed by atoms with van der Waals surface area (Å²) in [6.07, 6.45) is 0. The van der Waals surface area contributed by atoms with Gasteiger partial charge in [0.1, 0.15) is 35.1 Å². The van der Waals surface area contributed by atoms with Gasteiger partial charge in [0.05, 0.1) is 18.4 Å². The molecule has 10 heteroatoms. The quantitative estimate of drug-likeness (QED) is 0.459. The number of hydrogen-bond acceptors (Lipinski definition) is 6. The number of halogens is 3. The third-order valence-corrected chi connectivity index (χ3v) is 5.29. The van der Waals surface area contributed by atoms with Crippen LogP contribution in [-0.4, -0.2) is 24.0 Å². The molecule has 0 atom stereocenters. The van der Waals surface area contributed by atoms with E-state index in [9.17, 15) is 23.2 Å². The van der Waals surface area contributed by atoms with Crippen LogP contribution in [0.4, 0.5) is 8.78 Å². The van der Waals surface area contributed by atoms with Crippen molar-refractivity contribution in [1.29, 1.82) is 0 Å². The summed E-state index contributed by atoms with van der Waals surface area (Å²) in [4.78, 5) is 38.5. The Morgan fingerprint density at radius 3 is 2.52 bits per heavy atom. The molecular weight excluding hydrogens is 504 g/mol. The molecule has 0 spiro atoms. The second-order valence-electron chi connectivity index (χ2n) is 6.83. The number of H-pyrrole nitrogens is 1. The average Bonchev–Trinajstić information content (AvgIpc) is 2.79. The Balaban J connectivity index is 2.15. The van der Waals surface area contributed by atoms with Gasteiger partial charge < -0.3 is 19.2 Å². The van der Waals surface area contributed by atoms with Gasteiger partial charge in [-0.3, -0.25) is 9.59 Å². The largest absolute Gasteiger partial charge is 0.487 e. The van der Waals surface area contributed by atoms with Crippen LogP contribution in [0.2, 0.25) is 0 Å². The maximum atomic E-state index is 14.1. The van der Waals surface area contributed by atoms with Crippen LogP contribution in [0, 0.1) is 11.6 Å². The highest BCUT2D eigenvalue weighted by Gasteiger charge is 2.22. The van der Waals surface area contributed by atoms with Crippen LogP contribution in [0.3, 0.4) is 0 Å². The van der Waals surface area contributed by atoms with Gasteiger partial charge in [0.25, 0.3) is 5.56 Å². The van der Waals surface area contributed by atoms with E-state index in [4.69, 9.17) is 14.2 Å². The highest BCUT2D eigenvalue weighted by molar-refractivity contribution is 9.10. The van der Waals surface area contributed by atoms with Crippen molar-refractivity contribution in [2.45, 2.75) is 20.1 Å². The van der Waals surface area contributed by atoms with Crippen molar-refractivity contribution in [2.24, 2.45) is 0 Å². The number of benzene rings is 2. The van der Waals surface area contributed by atoms with Crippen molar-refractivity contribution in [1.82, 2.24) is 4.98 Å². The number of carbonyl (C=O) groups excluding carboxylic acids is 2. The Bertz CT molecular complexity index is 1270. The first kappa shape index (κ1) is 24.1. The number of hydrogen-bond donors (Lipinski definition) is 1. The summed E-state index contributed by atoms with van der Waals surface area (Å²) >= 11 is 3.19. The fraction of sp³-hybridized carbons (Fsp3) is 0.174. The molecule has 0 fully saturated rings. The molecular formula is C23H18BrF2NO6. The zero-order valence-corrected chi connectivity index (χ0v) is 19.1. The zero-order valence-electron chi connectivity index (χ0n) is 17.5. The minimum atomic E-state index is -0.815. The second-order valence-corrected chi connectivity index (χ2v) is 7.62. The molecule has 172 valence electrons. The minimum absolute atomic E-state index is 0.00457. The van der Waals surface area contributed by atoms with Crippen molar-refractivity contribution < 1.29 is 32.6 Å². The van der Waals surface area contributed by atoms with Gasteiger partial charge in [-0.2, -0.15) is 0 Å². The molecule has 3 aromatic rings. The van der Waals surface area contributed by atoms with E-state index < -0.39 is 29.1 Å². The molecule has 1 heterocycles. The summed E-state index contributed by atoms with van der Waals surface area (Å²) in [5.74, 6) is -2.70. The van der Waals surface area contributed by atoms with E-state index in [2.05, 4.69) is 20.9 Å². The third-order valence-electron chi connectivity index (χ3n) is 4.57. The Hall–Kier alpha value is -3.53. The maximum absolute atomic E-state index is 14.1. The summed E-state index contributed by atoms with van der Waals surface area (Å²) in [5.41, 5.74) is 0.628. The average molecular weight is 522 g/mol. The van der Waals surface area contributed by atoms with Crippen LogP contribution < -0.4 is 10.3 Å². The first-order valence-corrected chi connectivity index (χ1v) is 10.3. The summed E-state index contributed by atoms with van der Waals surface area (Å²) in [6.45, 7) is 0.588. The predicted octanol–water partition coefficient (Wildman–Crippen LogP) is 4.51. The Kier molecular flexibility index (Phi) is 7.59. The molecule has 7 nitrogen and oxygen atoms in total. The normalized spacial score (nSPS) is 10.6. The third kappa shape index (κ3) is 5.64. The van der Waals surface area contributed by atoms with E-state index in [1.54, 1.807) is 12.1 Å². The Labute approximate surface area is 195 Å². The number of ether oxygens (including phenoxy) is 3. The van der Waals surface area contributed by atoms with Crippen LogP contribution in [0.25, 0.3) is 11.1 Å². The first-order chi connectivity index (χ1) is 15.7. The van der Waals surface area contributed by atoms with E-state index in [1.165, 1.54) is 32.2 Å². The van der Waals surface area contributed by atoms with Gasteiger partial charge >= 0.3 is 11.9 Å². The summed E-state index contributed by atoms with van der Waals surface area (Å²) in [5, 5.41) is 0. The standard InChI is InChI=1S/C23H18BrF2NO6/c1-12(28)32-11-18-19(13-4-3-5-14(8-13)23(30)31-2)21(20(24)22(29)27-18)33-10-15-6-7-16(25)9-17(15)26/h3-9H,10-11H2,1-2H3,(H,27,29). The van der Waals surface area contributed by atoms with E-state index >= 15 is 0 Å². The highest BCUT2D eigenvalue weighted by Crippen LogP contribution is 2.38. The van der Waals surface area contributed by atoms with Gasteiger partial charge in [-0.05, 0) is 45.8 Å². The fourth-order valence-electron chi connectivity index (χ4n) is 3.04. The molecule has 2 aromatic carbocycles. The molecule has 0 aliphatic heterocycles. The van der Waals surface area contributed by atoms with Crippen molar-refractivity contribution in [3.8, 4) is 16.9 Å². The van der Waals surface area contributed by atoms with E-state index in [0.29, 0.717) is 11.1 Å². The number of pyridine rings is 1. The lowest BCUT2D eigenvalue weighted by Gasteiger charge is -2.18. The topological polar surface area (TPSA) is 94.7 Å². The van der Waals surface area contributed by atoms with Gasteiger partial charge in [-0.25, -0.2) is 13.6 Å². The van der Waals surface area contributed by atoms with Gasteiger partial charge in [-0.1, -0.05) is 12.1 Å². The van der Waals surface area contributed by atoms with E-state index in [1.807, 2.05) is 0 Å². The Morgan fingerprint density at radius 1 is 1.09 bits per heavy atom. The van der Waals surface area contributed by atoms with Gasteiger partial charge in [-0.15, -0.1) is 0 Å². The van der Waals surface area contributed by atoms with Crippen LogP contribution in [0.1, 0.15) is 28.5 Å². The number of methoxy groups -OCH3 is 1. The number of aromatic nitrogens is 1. The van der Waals surface area contributed by atoms with Crippen molar-refractivity contribution in [3.05, 3.63) is 85.7 Å². The zero-order chi connectivity index (χ0) is 24.1. The predicted molar refractivity (Wildman–Crippen MR) is 118 cm³/mol. The van der Waals surface area contributed by atoms with Crippen LogP contribution in [-0.2, 0) is 27.5 Å². The van der Waals surface area contributed by atoms with Gasteiger partial charge in [0.15, 0.2) is 0 Å². The molecule has 0 bridgehead atoms. The fourth-order valence-corrected chi connectivity index (χ4v) is 3.45. The smallest absolute Gasteiger partial charge is 0.337 e. The van der Waals surface area contributed by atoms with Gasteiger partial charge in [0, 0.05) is 24.1 Å². The van der Waals surface area contributed by atoms with E-state index in [-0.39, 0.29) is 40.3 Å². The lowest BCUT2D eigenvalue weighted by molar-refractivity contribution is -0.142. The first-order valence-electron chi connectivity index (χ1n) is 9.54. The Morgan fingerprint density at radius 2 is 1.85 bits per heavy atom. The molecule has 0 aliphatic rings. The molecule has 0 saturated carbocycles. The van der Waals surface area contributed by atoms with Crippen LogP contribution in [0.15, 0.2) is 51.7 Å². The lowest BCUT2D eigenvalue weighted by atomic mass is 10.0. The number of nitrogens with one attached hydrogen (secondary N) is 1. The van der Waals surface area contributed by atoms with Crippen molar-refractivity contribution in [2.75, 3.05) is 7.11 Å². The molecule has 0 amide bonds. The lowest BCUT2D eigenvalue weighted by Crippen LogP contribution is -2.16. The molecule has 1 aromatic heterocycles. The monoisotopic (exact) mass is 521 g/mol. The highest BCUT2D eigenvalue weighted by atomic mass is 79.9. The van der Waals surface area contributed by atoms with Crippen LogP contribution in [0.5, 0.6) is 5.75 Å². The molecule has 0 unspecified atom stereocenters. The molecule has 1 N–H and O–H groups in total. The van der Waals surface area contributed by atoms with Gasteiger partial charge in [0.2, 0.25) is 0 Å². The number of esters is 2. The maximum Gasteiger partial charge on any atom is 0.337 e.